The Balaban J connectivity index is 8.07. The van der Waals surface area contributed by atoms with Gasteiger partial charge in [-0.3, -0.25) is 39.2 Å². The second-order valence-electron chi connectivity index (χ2n) is 50.4. The molecule has 0 spiro atoms. The normalized spacial score (nSPS) is 16.2. The molecular formula is C100H232N20O10+10. The molecule has 782 valence electrons. The molecule has 0 aromatic heterocycles. The first kappa shape index (κ1) is 129. The van der Waals surface area contributed by atoms with Gasteiger partial charge in [-0.05, 0) is 39.8 Å². The highest BCUT2D eigenvalue weighted by atomic mass is 16.3. The number of hydrogen-bond donors (Lipinski definition) is 10. The summed E-state index contributed by atoms with van der Waals surface area (Å²) in [4.78, 5) is 24.0. The molecule has 0 saturated carbocycles. The number of nitrogens with zero attached hydrogens (tertiary/aromatic N) is 20. The fraction of sp³-hybridized carbons (Fsp3) is 1.00. The zero-order valence-corrected chi connectivity index (χ0v) is 92.2. The molecule has 0 amide bonds. The van der Waals surface area contributed by atoms with E-state index in [4.69, 9.17) is 0 Å². The van der Waals surface area contributed by atoms with E-state index in [0.717, 1.165) is 89.3 Å². The molecule has 0 aliphatic rings. The van der Waals surface area contributed by atoms with E-state index in [9.17, 15) is 51.1 Å². The number of aliphatic hydroxyl groups excluding tert-OH is 10. The number of hydrogen-bond acceptors (Lipinski definition) is 20. The molecule has 30 heteroatoms. The third-order valence-corrected chi connectivity index (χ3v) is 24.9. The summed E-state index contributed by atoms with van der Waals surface area (Å²) in [5.41, 5.74) is 0. The quantitative estimate of drug-likeness (QED) is 0.0309. The molecule has 0 rings (SSSR count). The standard InChI is InChI=1S/C100H232N20O10/c1-33-36-37-38-39-40-41-42-43-44-45-46-47-48-49-50-70-120(31,32)90-100(130)80-109(76-96(126)86-116(20,21)22)68-61-104(60-67-107(73-93(123)83-113(11,12)13)74-94(124)84-114(14,15)16)55-53-101(4)52-54-103(58-64-106(72-92(122)82-112(8,9)10)65-69-110(77-97(127)87-117(23,24)25)78-98(128)88-118(26,27)28)57-63-105(71-91(121)81-111(5,6)7)62-56-102(51-34-2)59-66-108(75-95(125)85-115(17,18)19)79-99(129)89-119(29,30)35-3/h91-100,121-130H,33-90H2,1-32H3/q+10. The number of likely N-dealkylation sites (N-methyl/N-ethyl adjacent to an activating group) is 11. The van der Waals surface area contributed by atoms with Gasteiger partial charge in [-0.25, -0.2) is 0 Å². The van der Waals surface area contributed by atoms with Gasteiger partial charge in [-0.1, -0.05) is 104 Å². The lowest BCUT2D eigenvalue weighted by molar-refractivity contribution is -0.893. The smallest absolute Gasteiger partial charge is 0.115 e. The van der Waals surface area contributed by atoms with Crippen LogP contribution >= 0.6 is 0 Å². The maximum absolute atomic E-state index is 12.3. The minimum atomic E-state index is -0.613. The number of aliphatic hydroxyl groups is 10. The molecule has 0 bridgehead atoms. The number of unbranched alkanes of at least 4 members (excludes halogenated alkanes) is 15. The highest BCUT2D eigenvalue weighted by Crippen LogP contribution is 2.18. The number of quaternary nitrogens is 10. The Bertz CT molecular complexity index is 2660. The van der Waals surface area contributed by atoms with Crippen molar-refractivity contribution in [1.82, 2.24) is 49.0 Å². The Morgan fingerprint density at radius 3 is 0.531 bits per heavy atom. The minimum absolute atomic E-state index is 0.413. The van der Waals surface area contributed by atoms with Crippen molar-refractivity contribution in [3.8, 4) is 0 Å². The van der Waals surface area contributed by atoms with Crippen LogP contribution in [0.15, 0.2) is 0 Å². The average molecular weight is 1880 g/mol. The predicted molar refractivity (Wildman–Crippen MR) is 548 cm³/mol. The molecule has 10 unspecified atom stereocenters. The van der Waals surface area contributed by atoms with E-state index >= 15 is 0 Å². The fourth-order valence-corrected chi connectivity index (χ4v) is 18.7. The lowest BCUT2D eigenvalue weighted by Crippen LogP contribution is -2.53. The second kappa shape index (κ2) is 65.7. The van der Waals surface area contributed by atoms with Crippen molar-refractivity contribution in [1.29, 1.82) is 0 Å². The maximum Gasteiger partial charge on any atom is 0.115 e. The van der Waals surface area contributed by atoms with Crippen LogP contribution in [0.1, 0.15) is 130 Å². The van der Waals surface area contributed by atoms with Crippen molar-refractivity contribution in [2.24, 2.45) is 0 Å². The van der Waals surface area contributed by atoms with Gasteiger partial charge < -0.3 is 106 Å². The van der Waals surface area contributed by atoms with Crippen LogP contribution in [0.4, 0.5) is 0 Å². The van der Waals surface area contributed by atoms with Gasteiger partial charge in [0.1, 0.15) is 126 Å². The minimum Gasteiger partial charge on any atom is -0.386 e. The van der Waals surface area contributed by atoms with E-state index in [1.165, 1.54) is 96.3 Å². The van der Waals surface area contributed by atoms with Crippen LogP contribution in [-0.2, 0) is 0 Å². The van der Waals surface area contributed by atoms with Crippen molar-refractivity contribution in [2.75, 3.05) is 473 Å². The molecule has 30 nitrogen and oxygen atoms in total. The predicted octanol–water partition coefficient (Wildman–Crippen LogP) is 1.74. The van der Waals surface area contributed by atoms with E-state index < -0.39 is 61.0 Å². The van der Waals surface area contributed by atoms with E-state index in [2.05, 4.69) is 274 Å². The van der Waals surface area contributed by atoms with Crippen LogP contribution in [-0.4, -0.2) is 679 Å². The third-order valence-electron chi connectivity index (χ3n) is 24.9. The molecule has 130 heavy (non-hydrogen) atoms. The maximum atomic E-state index is 12.3. The summed E-state index contributed by atoms with van der Waals surface area (Å²) in [6, 6.07) is 0. The van der Waals surface area contributed by atoms with Crippen molar-refractivity contribution in [3.05, 3.63) is 0 Å². The van der Waals surface area contributed by atoms with Gasteiger partial charge in [-0.2, -0.15) is 0 Å². The zero-order chi connectivity index (χ0) is 99.6. The molecule has 0 aromatic rings. The van der Waals surface area contributed by atoms with E-state index in [1.54, 1.807) is 0 Å². The van der Waals surface area contributed by atoms with Crippen LogP contribution < -0.4 is 0 Å². The summed E-state index contributed by atoms with van der Waals surface area (Å²) >= 11 is 0. The molecule has 10 N–H and O–H groups in total. The fourth-order valence-electron chi connectivity index (χ4n) is 18.7. The summed E-state index contributed by atoms with van der Waals surface area (Å²) in [7, 11) is 61.7. The Morgan fingerprint density at radius 2 is 0.331 bits per heavy atom. The molecule has 10 atom stereocenters. The molecular weight excluding hydrogens is 1640 g/mol. The third kappa shape index (κ3) is 79.6. The first-order valence-corrected chi connectivity index (χ1v) is 51.8. The molecule has 0 aromatic carbocycles. The van der Waals surface area contributed by atoms with Crippen molar-refractivity contribution < 1.29 is 95.9 Å². The van der Waals surface area contributed by atoms with Gasteiger partial charge in [0.05, 0.1) is 210 Å². The summed E-state index contributed by atoms with van der Waals surface area (Å²) in [6.45, 7) is 32.3. The topological polar surface area (TPSA) is 235 Å². The lowest BCUT2D eigenvalue weighted by Gasteiger charge is -2.37. The summed E-state index contributed by atoms with van der Waals surface area (Å²) in [6.07, 6.45) is 16.4. The largest absolute Gasteiger partial charge is 0.386 e. The van der Waals surface area contributed by atoms with Crippen LogP contribution in [0.2, 0.25) is 0 Å². The van der Waals surface area contributed by atoms with E-state index in [0.29, 0.717) is 237 Å². The molecule has 0 radical (unpaired) electrons. The highest BCUT2D eigenvalue weighted by molar-refractivity contribution is 4.81. The SMILES string of the molecule is CCCCCCCCCCCCCCCCCC[N+](C)(C)CC(O)CN(CCN(CCN(C)CCN(CCN(CCN(CCC)CCN(CC(O)C[N+](C)(C)C)CC(O)C[N+](C)(C)CC)CC(O)C[N+](C)(C)C)CCN(CCN(CC(O)C[N+](C)(C)C)CC(O)C[N+](C)(C)C)CC(O)C[N+](C)(C)C)CCN(CC(O)C[N+](C)(C)C)CC(O)C[N+](C)(C)C)CC(O)C[N+](C)(C)C. The Hall–Kier alpha value is -1.20. The van der Waals surface area contributed by atoms with Gasteiger partial charge in [0.15, 0.2) is 0 Å². The van der Waals surface area contributed by atoms with E-state index in [-0.39, 0.29) is 0 Å². The first-order chi connectivity index (χ1) is 59.7. The Morgan fingerprint density at radius 1 is 0.169 bits per heavy atom. The van der Waals surface area contributed by atoms with Crippen LogP contribution in [0.25, 0.3) is 0 Å². The van der Waals surface area contributed by atoms with Gasteiger partial charge in [0.25, 0.3) is 0 Å². The molecule has 0 fully saturated rings. The zero-order valence-electron chi connectivity index (χ0n) is 92.2. The number of rotatable bonds is 87. The van der Waals surface area contributed by atoms with Crippen molar-refractivity contribution >= 4 is 0 Å². The molecule has 0 heterocycles. The Labute approximate surface area is 804 Å². The Kier molecular flexibility index (Phi) is 65.1. The molecule has 0 aliphatic carbocycles. The van der Waals surface area contributed by atoms with Crippen LogP contribution in [0.3, 0.4) is 0 Å². The molecule has 0 aliphatic heterocycles. The van der Waals surface area contributed by atoms with Crippen molar-refractivity contribution in [2.45, 2.75) is 191 Å². The highest BCUT2D eigenvalue weighted by Gasteiger charge is 2.33. The van der Waals surface area contributed by atoms with Gasteiger partial charge in [-0.15, -0.1) is 0 Å². The van der Waals surface area contributed by atoms with E-state index in [1.807, 2.05) is 0 Å². The van der Waals surface area contributed by atoms with Crippen LogP contribution in [0, 0.1) is 0 Å². The summed E-state index contributed by atoms with van der Waals surface area (Å²) < 4.78 is 6.35. The first-order valence-electron chi connectivity index (χ1n) is 51.8. The van der Waals surface area contributed by atoms with Gasteiger partial charge in [0.2, 0.25) is 0 Å². The summed E-state index contributed by atoms with van der Waals surface area (Å²) in [5.74, 6) is 0. The molecule has 0 saturated heterocycles. The van der Waals surface area contributed by atoms with Crippen LogP contribution in [0.5, 0.6) is 0 Å². The monoisotopic (exact) mass is 1870 g/mol. The summed E-state index contributed by atoms with van der Waals surface area (Å²) in [5, 5.41) is 119. The van der Waals surface area contributed by atoms with Crippen molar-refractivity contribution in [3.63, 3.8) is 0 Å². The van der Waals surface area contributed by atoms with Gasteiger partial charge >= 0.3 is 0 Å². The average Bonchev–Trinajstić information content (AvgIpc) is 0.889. The second-order valence-corrected chi connectivity index (χ2v) is 50.4. The lowest BCUT2D eigenvalue weighted by atomic mass is 10.0. The van der Waals surface area contributed by atoms with Gasteiger partial charge in [0, 0.05) is 183 Å².